The van der Waals surface area contributed by atoms with Crippen LogP contribution in [0.2, 0.25) is 0 Å². The third-order valence-electron chi connectivity index (χ3n) is 5.45. The Morgan fingerprint density at radius 3 is 3.00 bits per heavy atom. The Kier molecular flexibility index (Phi) is 4.72. The van der Waals surface area contributed by atoms with Gasteiger partial charge < -0.3 is 14.6 Å². The third-order valence-corrected chi connectivity index (χ3v) is 5.45. The van der Waals surface area contributed by atoms with E-state index in [2.05, 4.69) is 20.9 Å². The van der Waals surface area contributed by atoms with E-state index in [1.54, 1.807) is 6.92 Å². The number of ether oxygens (including phenoxy) is 1. The number of nitrogens with one attached hydrogen (secondary N) is 1. The Bertz CT molecular complexity index is 751. The summed E-state index contributed by atoms with van der Waals surface area (Å²) in [6.07, 6.45) is 4.04. The number of nitrogens with zero attached hydrogens (tertiary/aromatic N) is 3. The highest BCUT2D eigenvalue weighted by molar-refractivity contribution is 5.80. The summed E-state index contributed by atoms with van der Waals surface area (Å²) in [5.41, 5.74) is 4.74. The Morgan fingerprint density at radius 2 is 2.20 bits per heavy atom. The minimum Gasteiger partial charge on any atom is -0.379 e. The number of hydrogen-bond acceptors (Lipinski definition) is 4. The lowest BCUT2D eigenvalue weighted by Crippen LogP contribution is -2.38. The van der Waals surface area contributed by atoms with Gasteiger partial charge in [0.05, 0.1) is 24.2 Å². The molecular weight excluding hydrogens is 316 g/mol. The summed E-state index contributed by atoms with van der Waals surface area (Å²) in [6.45, 7) is 7.77. The zero-order chi connectivity index (χ0) is 17.2. The van der Waals surface area contributed by atoms with Gasteiger partial charge in [-0.1, -0.05) is 0 Å². The maximum Gasteiger partial charge on any atom is 0.219 e. The van der Waals surface area contributed by atoms with Crippen molar-refractivity contribution in [3.63, 3.8) is 0 Å². The van der Waals surface area contributed by atoms with E-state index in [1.807, 2.05) is 17.2 Å². The molecule has 2 aliphatic heterocycles. The van der Waals surface area contributed by atoms with Crippen molar-refractivity contribution in [1.29, 1.82) is 0 Å². The molecule has 1 N–H and O–H groups in total. The molecule has 2 aliphatic rings. The molecule has 2 aromatic rings. The van der Waals surface area contributed by atoms with Crippen LogP contribution in [0.3, 0.4) is 0 Å². The van der Waals surface area contributed by atoms with Crippen molar-refractivity contribution in [3.8, 4) is 0 Å². The standard InChI is InChI=1S/C19H26N4O2/c1-14(24)23-7-3-4-15(12-23)18-16(13-22-8-10-25-11-9-22)19-17(21-18)5-2-6-20-19/h2,5-6,15,21H,3-4,7-13H2,1H3. The summed E-state index contributed by atoms with van der Waals surface area (Å²) in [7, 11) is 0. The van der Waals surface area contributed by atoms with E-state index >= 15 is 0 Å². The smallest absolute Gasteiger partial charge is 0.219 e. The number of pyridine rings is 1. The summed E-state index contributed by atoms with van der Waals surface area (Å²) in [5.74, 6) is 0.538. The monoisotopic (exact) mass is 342 g/mol. The minimum atomic E-state index is 0.175. The lowest BCUT2D eigenvalue weighted by molar-refractivity contribution is -0.130. The molecule has 4 heterocycles. The van der Waals surface area contributed by atoms with Gasteiger partial charge in [0.2, 0.25) is 5.91 Å². The maximum atomic E-state index is 11.8. The molecule has 1 unspecified atom stereocenters. The van der Waals surface area contributed by atoms with Gasteiger partial charge in [-0.2, -0.15) is 0 Å². The van der Waals surface area contributed by atoms with E-state index in [4.69, 9.17) is 4.74 Å². The van der Waals surface area contributed by atoms with Crippen molar-refractivity contribution < 1.29 is 9.53 Å². The minimum absolute atomic E-state index is 0.175. The van der Waals surface area contributed by atoms with E-state index in [-0.39, 0.29) is 5.91 Å². The van der Waals surface area contributed by atoms with Crippen LogP contribution in [0.5, 0.6) is 0 Å². The number of carbonyl (C=O) groups is 1. The number of rotatable bonds is 3. The van der Waals surface area contributed by atoms with E-state index in [9.17, 15) is 4.79 Å². The molecule has 4 rings (SSSR count). The van der Waals surface area contributed by atoms with Crippen LogP contribution < -0.4 is 0 Å². The summed E-state index contributed by atoms with van der Waals surface area (Å²) in [4.78, 5) is 24.5. The van der Waals surface area contributed by atoms with Crippen LogP contribution in [0.1, 0.15) is 36.9 Å². The Hall–Kier alpha value is -1.92. The predicted molar refractivity (Wildman–Crippen MR) is 96.4 cm³/mol. The molecule has 6 heteroatoms. The second-order valence-corrected chi connectivity index (χ2v) is 7.11. The van der Waals surface area contributed by atoms with Crippen molar-refractivity contribution in [3.05, 3.63) is 29.6 Å². The zero-order valence-corrected chi connectivity index (χ0v) is 14.8. The van der Waals surface area contributed by atoms with Gasteiger partial charge in [0.1, 0.15) is 0 Å². The maximum absolute atomic E-state index is 11.8. The number of aromatic nitrogens is 2. The second-order valence-electron chi connectivity index (χ2n) is 7.11. The van der Waals surface area contributed by atoms with Gasteiger partial charge in [0.15, 0.2) is 0 Å². The zero-order valence-electron chi connectivity index (χ0n) is 14.8. The van der Waals surface area contributed by atoms with Crippen LogP contribution in [-0.4, -0.2) is 65.1 Å². The molecule has 0 bridgehead atoms. The summed E-state index contributed by atoms with van der Waals surface area (Å²) in [6, 6.07) is 4.07. The number of likely N-dealkylation sites (tertiary alicyclic amines) is 1. The number of fused-ring (bicyclic) bond motifs is 1. The number of carbonyl (C=O) groups excluding carboxylic acids is 1. The number of aromatic amines is 1. The third kappa shape index (κ3) is 3.41. The average Bonchev–Trinajstić information content (AvgIpc) is 3.01. The number of amides is 1. The fourth-order valence-corrected chi connectivity index (χ4v) is 4.08. The van der Waals surface area contributed by atoms with Gasteiger partial charge >= 0.3 is 0 Å². The lowest BCUT2D eigenvalue weighted by atomic mass is 9.92. The normalized spacial score (nSPS) is 22.4. The van der Waals surface area contributed by atoms with Gasteiger partial charge in [-0.05, 0) is 25.0 Å². The van der Waals surface area contributed by atoms with Crippen LogP contribution in [0.4, 0.5) is 0 Å². The number of morpholine rings is 1. The van der Waals surface area contributed by atoms with Crippen molar-refractivity contribution in [1.82, 2.24) is 19.8 Å². The SMILES string of the molecule is CC(=O)N1CCCC(c2[nH]c3cccnc3c2CN2CCOCC2)C1. The molecule has 2 saturated heterocycles. The van der Waals surface area contributed by atoms with Gasteiger partial charge in [-0.15, -0.1) is 0 Å². The van der Waals surface area contributed by atoms with Gasteiger partial charge in [0, 0.05) is 63.0 Å². The highest BCUT2D eigenvalue weighted by atomic mass is 16.5. The largest absolute Gasteiger partial charge is 0.379 e. The fourth-order valence-electron chi connectivity index (χ4n) is 4.08. The highest BCUT2D eigenvalue weighted by Crippen LogP contribution is 2.33. The van der Waals surface area contributed by atoms with Crippen molar-refractivity contribution in [2.24, 2.45) is 0 Å². The number of hydrogen-bond donors (Lipinski definition) is 1. The Labute approximate surface area is 148 Å². The van der Waals surface area contributed by atoms with E-state index in [0.29, 0.717) is 5.92 Å². The molecular formula is C19H26N4O2. The molecule has 6 nitrogen and oxygen atoms in total. The molecule has 2 aromatic heterocycles. The molecule has 2 fully saturated rings. The van der Waals surface area contributed by atoms with Crippen LogP contribution in [0.25, 0.3) is 11.0 Å². The van der Waals surface area contributed by atoms with Crippen molar-refractivity contribution in [2.75, 3.05) is 39.4 Å². The molecule has 0 saturated carbocycles. The Balaban J connectivity index is 1.67. The molecule has 0 aromatic carbocycles. The van der Waals surface area contributed by atoms with Crippen LogP contribution in [0, 0.1) is 0 Å². The van der Waals surface area contributed by atoms with Gasteiger partial charge in [0.25, 0.3) is 0 Å². The number of H-pyrrole nitrogens is 1. The van der Waals surface area contributed by atoms with Gasteiger partial charge in [-0.3, -0.25) is 14.7 Å². The molecule has 0 aliphatic carbocycles. The van der Waals surface area contributed by atoms with Crippen LogP contribution in [0.15, 0.2) is 18.3 Å². The van der Waals surface area contributed by atoms with E-state index < -0.39 is 0 Å². The van der Waals surface area contributed by atoms with Crippen molar-refractivity contribution >= 4 is 16.9 Å². The topological polar surface area (TPSA) is 61.5 Å². The predicted octanol–water partition coefficient (Wildman–Crippen LogP) is 2.12. The van der Waals surface area contributed by atoms with Crippen LogP contribution >= 0.6 is 0 Å². The summed E-state index contributed by atoms with van der Waals surface area (Å²) < 4.78 is 5.48. The quantitative estimate of drug-likeness (QED) is 0.928. The molecule has 25 heavy (non-hydrogen) atoms. The van der Waals surface area contributed by atoms with E-state index in [1.165, 1.54) is 11.3 Å². The summed E-state index contributed by atoms with van der Waals surface area (Å²) >= 11 is 0. The molecule has 134 valence electrons. The molecule has 0 spiro atoms. The highest BCUT2D eigenvalue weighted by Gasteiger charge is 2.28. The second kappa shape index (κ2) is 7.14. The molecule has 1 amide bonds. The average molecular weight is 342 g/mol. The first kappa shape index (κ1) is 16.5. The lowest BCUT2D eigenvalue weighted by Gasteiger charge is -2.33. The first-order valence-electron chi connectivity index (χ1n) is 9.23. The van der Waals surface area contributed by atoms with E-state index in [0.717, 1.165) is 69.8 Å². The first-order valence-corrected chi connectivity index (χ1v) is 9.23. The first-order chi connectivity index (χ1) is 12.2. The van der Waals surface area contributed by atoms with Crippen molar-refractivity contribution in [2.45, 2.75) is 32.2 Å². The number of piperidine rings is 1. The van der Waals surface area contributed by atoms with Gasteiger partial charge in [-0.25, -0.2) is 0 Å². The molecule has 0 radical (unpaired) electrons. The molecule has 1 atom stereocenters. The van der Waals surface area contributed by atoms with Crippen LogP contribution in [-0.2, 0) is 16.1 Å². The fraction of sp³-hybridized carbons (Fsp3) is 0.579. The Morgan fingerprint density at radius 1 is 1.36 bits per heavy atom. The summed E-state index contributed by atoms with van der Waals surface area (Å²) in [5, 5.41) is 0.